The van der Waals surface area contributed by atoms with Gasteiger partial charge in [-0.2, -0.15) is 0 Å². The Morgan fingerprint density at radius 2 is 2.04 bits per heavy atom. The van der Waals surface area contributed by atoms with Crippen molar-refractivity contribution in [1.82, 2.24) is 0 Å². The van der Waals surface area contributed by atoms with E-state index in [1.165, 1.54) is 0 Å². The van der Waals surface area contributed by atoms with Crippen molar-refractivity contribution in [3.8, 4) is 0 Å². The van der Waals surface area contributed by atoms with Crippen LogP contribution in [0.1, 0.15) is 23.2 Å². The number of hydrogen-bond donors (Lipinski definition) is 1. The van der Waals surface area contributed by atoms with Gasteiger partial charge in [0.05, 0.1) is 11.3 Å². The van der Waals surface area contributed by atoms with Crippen molar-refractivity contribution in [1.29, 1.82) is 0 Å². The van der Waals surface area contributed by atoms with E-state index in [-0.39, 0.29) is 11.8 Å². The number of rotatable bonds is 3. The number of carbonyl (C=O) groups is 2. The Labute approximate surface area is 147 Å². The van der Waals surface area contributed by atoms with Gasteiger partial charge < -0.3 is 10.2 Å². The van der Waals surface area contributed by atoms with Gasteiger partial charge in [0.1, 0.15) is 0 Å². The van der Waals surface area contributed by atoms with E-state index >= 15 is 0 Å². The highest BCUT2D eigenvalue weighted by atomic mass is 79.9. The highest BCUT2D eigenvalue weighted by Gasteiger charge is 2.26. The van der Waals surface area contributed by atoms with Gasteiger partial charge in [0.2, 0.25) is 5.91 Å². The van der Waals surface area contributed by atoms with E-state index in [0.717, 1.165) is 10.9 Å². The SMILES string of the molecule is O=C(Nc1cccc(Br)c1)c1ccc(Cl)cc1N1CCCC1=O. The normalized spacial score (nSPS) is 14.2. The van der Waals surface area contributed by atoms with E-state index in [4.69, 9.17) is 11.6 Å². The molecular weight excluding hydrogens is 380 g/mol. The van der Waals surface area contributed by atoms with Crippen molar-refractivity contribution in [3.05, 3.63) is 57.5 Å². The fourth-order valence-corrected chi connectivity index (χ4v) is 3.15. The first-order valence-electron chi connectivity index (χ1n) is 7.21. The summed E-state index contributed by atoms with van der Waals surface area (Å²) in [6.45, 7) is 0.607. The molecule has 0 aliphatic carbocycles. The number of halogens is 2. The van der Waals surface area contributed by atoms with E-state index in [2.05, 4.69) is 21.2 Å². The van der Waals surface area contributed by atoms with Gasteiger partial charge in [-0.3, -0.25) is 9.59 Å². The first-order chi connectivity index (χ1) is 11.0. The van der Waals surface area contributed by atoms with E-state index in [1.54, 1.807) is 29.2 Å². The molecule has 1 fully saturated rings. The molecule has 0 saturated carbocycles. The summed E-state index contributed by atoms with van der Waals surface area (Å²) in [6.07, 6.45) is 1.29. The summed E-state index contributed by atoms with van der Waals surface area (Å²) in [6, 6.07) is 12.3. The Hall–Kier alpha value is -1.85. The van der Waals surface area contributed by atoms with Crippen LogP contribution in [0.5, 0.6) is 0 Å². The molecule has 0 unspecified atom stereocenters. The van der Waals surface area contributed by atoms with Gasteiger partial charge in [0.25, 0.3) is 5.91 Å². The van der Waals surface area contributed by atoms with Crippen LogP contribution in [0.25, 0.3) is 0 Å². The molecule has 0 aromatic heterocycles. The van der Waals surface area contributed by atoms with Crippen molar-refractivity contribution in [2.24, 2.45) is 0 Å². The summed E-state index contributed by atoms with van der Waals surface area (Å²) < 4.78 is 0.876. The Morgan fingerprint density at radius 1 is 1.22 bits per heavy atom. The molecule has 118 valence electrons. The van der Waals surface area contributed by atoms with E-state index in [9.17, 15) is 9.59 Å². The maximum atomic E-state index is 12.6. The van der Waals surface area contributed by atoms with Gasteiger partial charge >= 0.3 is 0 Å². The fourth-order valence-electron chi connectivity index (χ4n) is 2.59. The number of benzene rings is 2. The van der Waals surface area contributed by atoms with E-state index in [1.807, 2.05) is 18.2 Å². The average Bonchev–Trinajstić information content (AvgIpc) is 2.93. The second-order valence-corrected chi connectivity index (χ2v) is 6.63. The van der Waals surface area contributed by atoms with Crippen LogP contribution in [0, 0.1) is 0 Å². The summed E-state index contributed by atoms with van der Waals surface area (Å²) in [5.41, 5.74) is 1.68. The van der Waals surface area contributed by atoms with Crippen LogP contribution in [0.15, 0.2) is 46.9 Å². The topological polar surface area (TPSA) is 49.4 Å². The van der Waals surface area contributed by atoms with Crippen LogP contribution in [0.4, 0.5) is 11.4 Å². The standard InChI is InChI=1S/C17H14BrClN2O2/c18-11-3-1-4-13(9-11)20-17(23)14-7-6-12(19)10-15(14)21-8-2-5-16(21)22/h1,3-4,6-7,9-10H,2,5,8H2,(H,20,23). The lowest BCUT2D eigenvalue weighted by molar-refractivity contribution is -0.117. The van der Waals surface area contributed by atoms with Gasteiger partial charge in [0.15, 0.2) is 0 Å². The molecule has 2 amide bonds. The zero-order valence-corrected chi connectivity index (χ0v) is 14.5. The van der Waals surface area contributed by atoms with Crippen LogP contribution < -0.4 is 10.2 Å². The zero-order chi connectivity index (χ0) is 16.4. The Morgan fingerprint density at radius 3 is 2.74 bits per heavy atom. The van der Waals surface area contributed by atoms with Crippen molar-refractivity contribution in [2.75, 3.05) is 16.8 Å². The minimum Gasteiger partial charge on any atom is -0.322 e. The van der Waals surface area contributed by atoms with E-state index in [0.29, 0.717) is 34.9 Å². The second kappa shape index (κ2) is 6.72. The molecule has 2 aromatic rings. The lowest BCUT2D eigenvalue weighted by atomic mass is 10.1. The number of carbonyl (C=O) groups excluding carboxylic acids is 2. The number of nitrogens with one attached hydrogen (secondary N) is 1. The highest BCUT2D eigenvalue weighted by Crippen LogP contribution is 2.29. The zero-order valence-electron chi connectivity index (χ0n) is 12.2. The third kappa shape index (κ3) is 3.57. The molecule has 3 rings (SSSR count). The molecule has 4 nitrogen and oxygen atoms in total. The number of nitrogens with zero attached hydrogens (tertiary/aromatic N) is 1. The molecule has 1 aliphatic heterocycles. The summed E-state index contributed by atoms with van der Waals surface area (Å²) in [7, 11) is 0. The van der Waals surface area contributed by atoms with Crippen molar-refractivity contribution >= 4 is 50.7 Å². The third-order valence-corrected chi connectivity index (χ3v) is 4.38. The van der Waals surface area contributed by atoms with Crippen LogP contribution in [0.3, 0.4) is 0 Å². The number of hydrogen-bond acceptors (Lipinski definition) is 2. The molecule has 1 aliphatic rings. The summed E-state index contributed by atoms with van der Waals surface area (Å²) >= 11 is 9.43. The fraction of sp³-hybridized carbons (Fsp3) is 0.176. The molecule has 0 bridgehead atoms. The Balaban J connectivity index is 1.92. The average molecular weight is 394 g/mol. The summed E-state index contributed by atoms with van der Waals surface area (Å²) in [4.78, 5) is 26.2. The van der Waals surface area contributed by atoms with Gasteiger partial charge in [-0.25, -0.2) is 0 Å². The molecule has 1 saturated heterocycles. The number of anilines is 2. The minimum absolute atomic E-state index is 0.0174. The van der Waals surface area contributed by atoms with Crippen LogP contribution in [-0.4, -0.2) is 18.4 Å². The quantitative estimate of drug-likeness (QED) is 0.836. The van der Waals surface area contributed by atoms with Crippen LogP contribution in [0.2, 0.25) is 5.02 Å². The molecule has 6 heteroatoms. The molecule has 1 N–H and O–H groups in total. The predicted molar refractivity (Wildman–Crippen MR) is 95.1 cm³/mol. The van der Waals surface area contributed by atoms with Crippen molar-refractivity contribution < 1.29 is 9.59 Å². The second-order valence-electron chi connectivity index (χ2n) is 5.27. The van der Waals surface area contributed by atoms with Crippen molar-refractivity contribution in [2.45, 2.75) is 12.8 Å². The first-order valence-corrected chi connectivity index (χ1v) is 8.38. The van der Waals surface area contributed by atoms with E-state index < -0.39 is 0 Å². The van der Waals surface area contributed by atoms with Crippen LogP contribution >= 0.6 is 27.5 Å². The summed E-state index contributed by atoms with van der Waals surface area (Å²) in [5, 5.41) is 3.35. The molecule has 0 atom stereocenters. The molecule has 0 spiro atoms. The summed E-state index contributed by atoms with van der Waals surface area (Å²) in [5.74, 6) is -0.252. The first kappa shape index (κ1) is 16.0. The molecular formula is C17H14BrClN2O2. The molecule has 23 heavy (non-hydrogen) atoms. The lowest BCUT2D eigenvalue weighted by Gasteiger charge is -2.19. The van der Waals surface area contributed by atoms with Crippen molar-refractivity contribution in [3.63, 3.8) is 0 Å². The largest absolute Gasteiger partial charge is 0.322 e. The molecule has 2 aromatic carbocycles. The highest BCUT2D eigenvalue weighted by molar-refractivity contribution is 9.10. The lowest BCUT2D eigenvalue weighted by Crippen LogP contribution is -2.27. The molecule has 0 radical (unpaired) electrons. The third-order valence-electron chi connectivity index (χ3n) is 3.65. The smallest absolute Gasteiger partial charge is 0.257 e. The monoisotopic (exact) mass is 392 g/mol. The molecule has 1 heterocycles. The van der Waals surface area contributed by atoms with Gasteiger partial charge in [-0.1, -0.05) is 33.6 Å². The maximum absolute atomic E-state index is 12.6. The number of amides is 2. The predicted octanol–water partition coefficient (Wildman–Crippen LogP) is 4.48. The van der Waals surface area contributed by atoms with Crippen LogP contribution in [-0.2, 0) is 4.79 Å². The van der Waals surface area contributed by atoms with Gasteiger partial charge in [-0.15, -0.1) is 0 Å². The van der Waals surface area contributed by atoms with Gasteiger partial charge in [-0.05, 0) is 42.8 Å². The Bertz CT molecular complexity index is 779. The minimum atomic E-state index is -0.269. The maximum Gasteiger partial charge on any atom is 0.257 e. The Kier molecular flexibility index (Phi) is 4.68. The van der Waals surface area contributed by atoms with Gasteiger partial charge in [0, 0.05) is 28.1 Å².